The molecule has 4 nitrogen and oxygen atoms in total. The van der Waals surface area contributed by atoms with Crippen LogP contribution in [0.15, 0.2) is 66.9 Å². The second kappa shape index (κ2) is 7.51. The molecular formula is C20H19NO3. The highest BCUT2D eigenvalue weighted by Gasteiger charge is 2.12. The molecular weight excluding hydrogens is 302 g/mol. The van der Waals surface area contributed by atoms with Crippen LogP contribution in [0.4, 0.5) is 0 Å². The molecule has 0 aliphatic heterocycles. The first kappa shape index (κ1) is 15.9. The quantitative estimate of drug-likeness (QED) is 0.639. The molecule has 1 atom stereocenters. The van der Waals surface area contributed by atoms with E-state index in [9.17, 15) is 4.79 Å². The van der Waals surface area contributed by atoms with Gasteiger partial charge in [-0.05, 0) is 35.9 Å². The molecule has 0 saturated heterocycles. The van der Waals surface area contributed by atoms with Crippen LogP contribution in [0.5, 0.6) is 11.5 Å². The summed E-state index contributed by atoms with van der Waals surface area (Å²) in [4.78, 5) is 13.6. The maximum Gasteiger partial charge on any atom is 0.293 e. The highest BCUT2D eigenvalue weighted by molar-refractivity contribution is 5.68. The first-order valence-corrected chi connectivity index (χ1v) is 7.84. The summed E-state index contributed by atoms with van der Waals surface area (Å²) in [6.45, 7) is 2.86. The van der Waals surface area contributed by atoms with Gasteiger partial charge < -0.3 is 14.5 Å². The van der Waals surface area contributed by atoms with Crippen LogP contribution in [0, 0.1) is 0 Å². The SMILES string of the molecule is CC(COC=O)c1c[nH]c(-c2ccccc2Oc2ccccc2)c1. The summed E-state index contributed by atoms with van der Waals surface area (Å²) < 4.78 is 10.9. The lowest BCUT2D eigenvalue weighted by atomic mass is 10.0. The van der Waals surface area contributed by atoms with Gasteiger partial charge in [-0.15, -0.1) is 0 Å². The number of benzene rings is 2. The molecule has 0 bridgehead atoms. The van der Waals surface area contributed by atoms with E-state index >= 15 is 0 Å². The molecule has 1 aromatic heterocycles. The summed E-state index contributed by atoms with van der Waals surface area (Å²) in [5, 5.41) is 0. The van der Waals surface area contributed by atoms with E-state index in [1.165, 1.54) is 0 Å². The molecule has 1 N–H and O–H groups in total. The Kier molecular flexibility index (Phi) is 4.96. The number of carbonyl (C=O) groups is 1. The molecule has 3 rings (SSSR count). The normalized spacial score (nSPS) is 11.7. The Bertz CT molecular complexity index is 795. The second-order valence-electron chi connectivity index (χ2n) is 5.59. The Balaban J connectivity index is 1.85. The van der Waals surface area contributed by atoms with Crippen LogP contribution >= 0.6 is 0 Å². The van der Waals surface area contributed by atoms with E-state index in [0.717, 1.165) is 28.3 Å². The molecule has 24 heavy (non-hydrogen) atoms. The maximum atomic E-state index is 10.3. The Morgan fingerprint density at radius 3 is 2.62 bits per heavy atom. The summed E-state index contributed by atoms with van der Waals surface area (Å²) in [5.41, 5.74) is 3.03. The van der Waals surface area contributed by atoms with Crippen molar-refractivity contribution in [3.05, 3.63) is 72.4 Å². The Morgan fingerprint density at radius 2 is 1.83 bits per heavy atom. The van der Waals surface area contributed by atoms with Gasteiger partial charge in [0, 0.05) is 23.4 Å². The van der Waals surface area contributed by atoms with Crippen LogP contribution in [-0.4, -0.2) is 18.1 Å². The average molecular weight is 321 g/mol. The third-order valence-corrected chi connectivity index (χ3v) is 3.84. The fraction of sp³-hybridized carbons (Fsp3) is 0.150. The summed E-state index contributed by atoms with van der Waals surface area (Å²) in [6, 6.07) is 19.6. The largest absolute Gasteiger partial charge is 0.467 e. The van der Waals surface area contributed by atoms with Crippen LogP contribution in [0.25, 0.3) is 11.3 Å². The van der Waals surface area contributed by atoms with Gasteiger partial charge in [-0.25, -0.2) is 0 Å². The van der Waals surface area contributed by atoms with Crippen LogP contribution in [0.1, 0.15) is 18.4 Å². The molecule has 1 unspecified atom stereocenters. The first-order chi connectivity index (χ1) is 11.8. The zero-order chi connectivity index (χ0) is 16.8. The molecule has 0 fully saturated rings. The number of rotatable bonds is 7. The average Bonchev–Trinajstić information content (AvgIpc) is 3.11. The van der Waals surface area contributed by atoms with Gasteiger partial charge in [-0.3, -0.25) is 4.79 Å². The smallest absolute Gasteiger partial charge is 0.293 e. The fourth-order valence-electron chi connectivity index (χ4n) is 2.52. The molecule has 0 radical (unpaired) electrons. The minimum absolute atomic E-state index is 0.127. The van der Waals surface area contributed by atoms with Crippen molar-refractivity contribution in [1.82, 2.24) is 4.98 Å². The number of ether oxygens (including phenoxy) is 2. The van der Waals surface area contributed by atoms with Gasteiger partial charge in [-0.1, -0.05) is 37.3 Å². The zero-order valence-corrected chi connectivity index (χ0v) is 13.4. The summed E-state index contributed by atoms with van der Waals surface area (Å²) in [5.74, 6) is 1.71. The molecule has 3 aromatic rings. The summed E-state index contributed by atoms with van der Waals surface area (Å²) >= 11 is 0. The third kappa shape index (κ3) is 3.66. The third-order valence-electron chi connectivity index (χ3n) is 3.84. The van der Waals surface area contributed by atoms with Crippen molar-refractivity contribution in [3.8, 4) is 22.8 Å². The Hall–Kier alpha value is -3.01. The molecule has 122 valence electrons. The van der Waals surface area contributed by atoms with Gasteiger partial charge in [0.1, 0.15) is 11.5 Å². The first-order valence-electron chi connectivity index (χ1n) is 7.84. The zero-order valence-electron chi connectivity index (χ0n) is 13.4. The van der Waals surface area contributed by atoms with Gasteiger partial charge in [0.2, 0.25) is 0 Å². The Labute approximate surface area is 141 Å². The van der Waals surface area contributed by atoms with E-state index in [2.05, 4.69) is 11.1 Å². The predicted molar refractivity (Wildman–Crippen MR) is 93.2 cm³/mol. The number of hydrogen-bond donors (Lipinski definition) is 1. The van der Waals surface area contributed by atoms with Crippen LogP contribution in [0.2, 0.25) is 0 Å². The van der Waals surface area contributed by atoms with Gasteiger partial charge in [0.15, 0.2) is 0 Å². The van der Waals surface area contributed by atoms with Crippen molar-refractivity contribution in [1.29, 1.82) is 0 Å². The number of nitrogens with one attached hydrogen (secondary N) is 1. The molecule has 1 heterocycles. The van der Waals surface area contributed by atoms with Crippen molar-refractivity contribution in [2.24, 2.45) is 0 Å². The minimum atomic E-state index is 0.127. The predicted octanol–water partition coefficient (Wildman–Crippen LogP) is 4.75. The van der Waals surface area contributed by atoms with Crippen LogP contribution in [0.3, 0.4) is 0 Å². The van der Waals surface area contributed by atoms with Crippen molar-refractivity contribution in [3.63, 3.8) is 0 Å². The van der Waals surface area contributed by atoms with Gasteiger partial charge in [-0.2, -0.15) is 0 Å². The molecule has 4 heteroatoms. The van der Waals surface area contributed by atoms with E-state index < -0.39 is 0 Å². The van der Waals surface area contributed by atoms with E-state index in [1.54, 1.807) is 0 Å². The fourth-order valence-corrected chi connectivity index (χ4v) is 2.52. The van der Waals surface area contributed by atoms with Crippen molar-refractivity contribution in [2.45, 2.75) is 12.8 Å². The molecule has 0 saturated carbocycles. The Morgan fingerprint density at radius 1 is 1.08 bits per heavy atom. The number of H-pyrrole nitrogens is 1. The van der Waals surface area contributed by atoms with E-state index in [4.69, 9.17) is 9.47 Å². The summed E-state index contributed by atoms with van der Waals surface area (Å²) in [7, 11) is 0. The van der Waals surface area contributed by atoms with E-state index in [-0.39, 0.29) is 5.92 Å². The van der Waals surface area contributed by atoms with E-state index in [0.29, 0.717) is 13.1 Å². The number of hydrogen-bond acceptors (Lipinski definition) is 3. The number of para-hydroxylation sites is 2. The monoisotopic (exact) mass is 321 g/mol. The second-order valence-corrected chi connectivity index (χ2v) is 5.59. The maximum absolute atomic E-state index is 10.3. The molecule has 0 amide bonds. The van der Waals surface area contributed by atoms with Gasteiger partial charge in [0.05, 0.1) is 6.61 Å². The topological polar surface area (TPSA) is 51.3 Å². The lowest BCUT2D eigenvalue weighted by molar-refractivity contribution is -0.129. The number of aromatic nitrogens is 1. The highest BCUT2D eigenvalue weighted by Crippen LogP contribution is 2.33. The van der Waals surface area contributed by atoms with Crippen LogP contribution < -0.4 is 4.74 Å². The van der Waals surface area contributed by atoms with E-state index in [1.807, 2.05) is 67.7 Å². The molecule has 0 aliphatic carbocycles. The van der Waals surface area contributed by atoms with Crippen molar-refractivity contribution in [2.75, 3.05) is 6.61 Å². The molecule has 0 spiro atoms. The van der Waals surface area contributed by atoms with Crippen molar-refractivity contribution >= 4 is 6.47 Å². The standard InChI is InChI=1S/C20H19NO3/c1-15(13-23-14-22)16-11-19(21-12-16)18-9-5-6-10-20(18)24-17-7-3-2-4-8-17/h2-12,14-15,21H,13H2,1H3. The molecule has 0 aliphatic rings. The minimum Gasteiger partial charge on any atom is -0.467 e. The summed E-state index contributed by atoms with van der Waals surface area (Å²) in [6.07, 6.45) is 1.94. The number of carbonyl (C=O) groups excluding carboxylic acids is 1. The number of aromatic amines is 1. The van der Waals surface area contributed by atoms with Crippen LogP contribution in [-0.2, 0) is 9.53 Å². The highest BCUT2D eigenvalue weighted by atomic mass is 16.5. The molecule has 2 aromatic carbocycles. The lowest BCUT2D eigenvalue weighted by Gasteiger charge is -2.10. The van der Waals surface area contributed by atoms with Crippen molar-refractivity contribution < 1.29 is 14.3 Å². The lowest BCUT2D eigenvalue weighted by Crippen LogP contribution is -2.01. The van der Waals surface area contributed by atoms with Gasteiger partial charge in [0.25, 0.3) is 6.47 Å². The van der Waals surface area contributed by atoms with Gasteiger partial charge >= 0.3 is 0 Å².